The highest BCUT2D eigenvalue weighted by Crippen LogP contribution is 2.25. The van der Waals surface area contributed by atoms with Gasteiger partial charge in [0.1, 0.15) is 0 Å². The second kappa shape index (κ2) is 4.94. The molecular weight excluding hydrogens is 166 g/mol. The lowest BCUT2D eigenvalue weighted by Gasteiger charge is -2.40. The van der Waals surface area contributed by atoms with Gasteiger partial charge in [-0.2, -0.15) is 0 Å². The SMILES string of the molecule is CCC(CC)NCC1(CO)COC1. The van der Waals surface area contributed by atoms with Gasteiger partial charge in [0.2, 0.25) is 0 Å². The van der Waals surface area contributed by atoms with Gasteiger partial charge in [0, 0.05) is 12.6 Å². The molecule has 0 spiro atoms. The molecule has 0 radical (unpaired) electrons. The molecule has 1 aliphatic heterocycles. The predicted octanol–water partition coefficient (Wildman–Crippen LogP) is 0.773. The van der Waals surface area contributed by atoms with Crippen LogP contribution in [0.25, 0.3) is 0 Å². The quantitative estimate of drug-likeness (QED) is 0.645. The number of aliphatic hydroxyl groups is 1. The molecule has 3 heteroatoms. The highest BCUT2D eigenvalue weighted by atomic mass is 16.5. The number of ether oxygens (including phenoxy) is 1. The molecule has 0 unspecified atom stereocenters. The lowest BCUT2D eigenvalue weighted by molar-refractivity contribution is -0.135. The summed E-state index contributed by atoms with van der Waals surface area (Å²) in [6.07, 6.45) is 2.30. The highest BCUT2D eigenvalue weighted by Gasteiger charge is 2.37. The third-order valence-electron chi connectivity index (χ3n) is 2.90. The average Bonchev–Trinajstić information content (AvgIpc) is 2.10. The molecule has 0 amide bonds. The van der Waals surface area contributed by atoms with Crippen molar-refractivity contribution >= 4 is 0 Å². The number of rotatable bonds is 6. The summed E-state index contributed by atoms with van der Waals surface area (Å²) in [6, 6.07) is 0.587. The molecule has 1 saturated heterocycles. The van der Waals surface area contributed by atoms with Crippen LogP contribution >= 0.6 is 0 Å². The first-order valence-corrected chi connectivity index (χ1v) is 5.18. The van der Waals surface area contributed by atoms with Gasteiger partial charge in [0.25, 0.3) is 0 Å². The van der Waals surface area contributed by atoms with Crippen molar-refractivity contribution in [2.24, 2.45) is 5.41 Å². The molecule has 1 rings (SSSR count). The summed E-state index contributed by atoms with van der Waals surface area (Å²) in [6.45, 7) is 6.90. The molecule has 1 aliphatic rings. The summed E-state index contributed by atoms with van der Waals surface area (Å²) in [5.74, 6) is 0. The third kappa shape index (κ3) is 2.66. The second-order valence-electron chi connectivity index (χ2n) is 4.05. The van der Waals surface area contributed by atoms with Crippen molar-refractivity contribution in [2.45, 2.75) is 32.7 Å². The molecule has 78 valence electrons. The third-order valence-corrected chi connectivity index (χ3v) is 2.90. The molecule has 1 heterocycles. The van der Waals surface area contributed by atoms with Crippen molar-refractivity contribution in [3.63, 3.8) is 0 Å². The van der Waals surface area contributed by atoms with Crippen LogP contribution in [-0.4, -0.2) is 37.5 Å². The summed E-state index contributed by atoms with van der Waals surface area (Å²) in [5.41, 5.74) is 0.0165. The molecule has 3 nitrogen and oxygen atoms in total. The lowest BCUT2D eigenvalue weighted by atomic mass is 9.86. The van der Waals surface area contributed by atoms with Gasteiger partial charge in [-0.25, -0.2) is 0 Å². The summed E-state index contributed by atoms with van der Waals surface area (Å²) >= 11 is 0. The van der Waals surface area contributed by atoms with Crippen molar-refractivity contribution in [3.8, 4) is 0 Å². The number of hydrogen-bond acceptors (Lipinski definition) is 3. The maximum Gasteiger partial charge on any atom is 0.0579 e. The van der Waals surface area contributed by atoms with E-state index in [1.807, 2.05) is 0 Å². The number of hydrogen-bond donors (Lipinski definition) is 2. The predicted molar refractivity (Wildman–Crippen MR) is 52.7 cm³/mol. The summed E-state index contributed by atoms with van der Waals surface area (Å²) in [7, 11) is 0. The second-order valence-corrected chi connectivity index (χ2v) is 4.05. The molecule has 0 aliphatic carbocycles. The van der Waals surface area contributed by atoms with Gasteiger partial charge in [0.05, 0.1) is 25.2 Å². The Morgan fingerprint density at radius 2 is 2.00 bits per heavy atom. The minimum absolute atomic E-state index is 0.0165. The van der Waals surface area contributed by atoms with Crippen LogP contribution in [0.5, 0.6) is 0 Å². The largest absolute Gasteiger partial charge is 0.396 e. The molecule has 0 atom stereocenters. The summed E-state index contributed by atoms with van der Waals surface area (Å²) < 4.78 is 5.13. The molecule has 0 bridgehead atoms. The van der Waals surface area contributed by atoms with E-state index in [9.17, 15) is 5.11 Å². The van der Waals surface area contributed by atoms with E-state index in [1.165, 1.54) is 0 Å². The zero-order valence-corrected chi connectivity index (χ0v) is 8.68. The molecule has 2 N–H and O–H groups in total. The van der Waals surface area contributed by atoms with Gasteiger partial charge in [-0.05, 0) is 12.8 Å². The standard InChI is InChI=1S/C10H21NO2/c1-3-9(4-2)11-5-10(6-12)7-13-8-10/h9,11-12H,3-8H2,1-2H3. The van der Waals surface area contributed by atoms with E-state index in [2.05, 4.69) is 19.2 Å². The van der Waals surface area contributed by atoms with Gasteiger partial charge in [-0.1, -0.05) is 13.8 Å². The van der Waals surface area contributed by atoms with E-state index < -0.39 is 0 Å². The Morgan fingerprint density at radius 1 is 1.38 bits per heavy atom. The molecule has 1 fully saturated rings. The maximum absolute atomic E-state index is 9.17. The van der Waals surface area contributed by atoms with Gasteiger partial charge in [-0.15, -0.1) is 0 Å². The number of nitrogens with one attached hydrogen (secondary N) is 1. The monoisotopic (exact) mass is 187 g/mol. The van der Waals surface area contributed by atoms with Crippen molar-refractivity contribution < 1.29 is 9.84 Å². The fraction of sp³-hybridized carbons (Fsp3) is 1.00. The Kier molecular flexibility index (Phi) is 4.16. The molecule has 13 heavy (non-hydrogen) atoms. The van der Waals surface area contributed by atoms with Crippen LogP contribution in [0.4, 0.5) is 0 Å². The van der Waals surface area contributed by atoms with Crippen LogP contribution < -0.4 is 5.32 Å². The van der Waals surface area contributed by atoms with Crippen molar-refractivity contribution in [1.29, 1.82) is 0 Å². The van der Waals surface area contributed by atoms with Crippen LogP contribution in [0.3, 0.4) is 0 Å². The van der Waals surface area contributed by atoms with Crippen LogP contribution in [0.2, 0.25) is 0 Å². The first kappa shape index (κ1) is 11.0. The van der Waals surface area contributed by atoms with E-state index in [1.54, 1.807) is 0 Å². The molecule has 0 aromatic rings. The van der Waals surface area contributed by atoms with Crippen LogP contribution in [0.1, 0.15) is 26.7 Å². The molecule has 0 saturated carbocycles. The lowest BCUT2D eigenvalue weighted by Crippen LogP contribution is -2.53. The van der Waals surface area contributed by atoms with E-state index in [0.717, 1.165) is 19.4 Å². The highest BCUT2D eigenvalue weighted by molar-refractivity contribution is 4.87. The minimum Gasteiger partial charge on any atom is -0.396 e. The Bertz CT molecular complexity index is 136. The average molecular weight is 187 g/mol. The van der Waals surface area contributed by atoms with Crippen molar-refractivity contribution in [2.75, 3.05) is 26.4 Å². The van der Waals surface area contributed by atoms with Gasteiger partial charge in [0.15, 0.2) is 0 Å². The fourth-order valence-corrected chi connectivity index (χ4v) is 1.58. The van der Waals surface area contributed by atoms with E-state index in [0.29, 0.717) is 19.3 Å². The van der Waals surface area contributed by atoms with Crippen LogP contribution in [0.15, 0.2) is 0 Å². The first-order chi connectivity index (χ1) is 6.26. The zero-order chi connectivity index (χ0) is 9.73. The summed E-state index contributed by atoms with van der Waals surface area (Å²) in [4.78, 5) is 0. The molecular formula is C10H21NO2. The van der Waals surface area contributed by atoms with Crippen LogP contribution in [-0.2, 0) is 4.74 Å². The van der Waals surface area contributed by atoms with E-state index >= 15 is 0 Å². The van der Waals surface area contributed by atoms with Gasteiger partial charge in [-0.3, -0.25) is 0 Å². The Labute approximate surface area is 80.5 Å². The van der Waals surface area contributed by atoms with E-state index in [-0.39, 0.29) is 12.0 Å². The summed E-state index contributed by atoms with van der Waals surface area (Å²) in [5, 5.41) is 12.6. The fourth-order valence-electron chi connectivity index (χ4n) is 1.58. The topological polar surface area (TPSA) is 41.5 Å². The maximum atomic E-state index is 9.17. The van der Waals surface area contributed by atoms with Crippen molar-refractivity contribution in [1.82, 2.24) is 5.32 Å². The van der Waals surface area contributed by atoms with E-state index in [4.69, 9.17) is 4.74 Å². The van der Waals surface area contributed by atoms with Gasteiger partial charge < -0.3 is 15.2 Å². The normalized spacial score (nSPS) is 20.3. The van der Waals surface area contributed by atoms with Crippen LogP contribution in [0, 0.1) is 5.41 Å². The first-order valence-electron chi connectivity index (χ1n) is 5.18. The van der Waals surface area contributed by atoms with Crippen molar-refractivity contribution in [3.05, 3.63) is 0 Å². The zero-order valence-electron chi connectivity index (χ0n) is 8.68. The molecule has 0 aromatic carbocycles. The molecule has 0 aromatic heterocycles. The Balaban J connectivity index is 2.23. The van der Waals surface area contributed by atoms with Gasteiger partial charge >= 0.3 is 0 Å². The number of aliphatic hydroxyl groups excluding tert-OH is 1. The Hall–Kier alpha value is -0.120. The minimum atomic E-state index is 0.0165. The smallest absolute Gasteiger partial charge is 0.0579 e. The Morgan fingerprint density at radius 3 is 2.31 bits per heavy atom.